The van der Waals surface area contributed by atoms with Crippen LogP contribution in [0.5, 0.6) is 11.5 Å². The molecule has 1 amide bonds. The van der Waals surface area contributed by atoms with E-state index in [1.165, 1.54) is 12.1 Å². The number of hydrogen-bond acceptors (Lipinski definition) is 5. The summed E-state index contributed by atoms with van der Waals surface area (Å²) >= 11 is 6.24. The first-order chi connectivity index (χ1) is 17.2. The van der Waals surface area contributed by atoms with Gasteiger partial charge in [0.15, 0.2) is 0 Å². The average molecular weight is 511 g/mol. The fourth-order valence-electron chi connectivity index (χ4n) is 4.39. The van der Waals surface area contributed by atoms with Crippen LogP contribution in [0.2, 0.25) is 5.02 Å². The molecule has 0 radical (unpaired) electrons. The number of likely N-dealkylation sites (N-methyl/N-ethyl adjacent to an activating group) is 1. The number of hydrogen-bond donors (Lipinski definition) is 2. The lowest BCUT2D eigenvalue weighted by Crippen LogP contribution is -2.41. The molecule has 1 aliphatic heterocycles. The number of aliphatic carboxylic acids is 1. The molecule has 3 aromatic carbocycles. The number of amides is 1. The maximum absolute atomic E-state index is 13.6. The van der Waals surface area contributed by atoms with E-state index in [0.717, 1.165) is 5.69 Å². The normalized spacial score (nSPS) is 17.5. The van der Waals surface area contributed by atoms with Crippen molar-refractivity contribution in [2.24, 2.45) is 0 Å². The Hall–Kier alpha value is -3.78. The van der Waals surface area contributed by atoms with Crippen LogP contribution in [0.25, 0.3) is 0 Å². The van der Waals surface area contributed by atoms with Gasteiger partial charge in [-0.25, -0.2) is 4.39 Å². The molecule has 1 aliphatic carbocycles. The van der Waals surface area contributed by atoms with Gasteiger partial charge in [0, 0.05) is 29.4 Å². The Morgan fingerprint density at radius 1 is 1.17 bits per heavy atom. The van der Waals surface area contributed by atoms with Crippen molar-refractivity contribution >= 4 is 34.9 Å². The molecule has 2 N–H and O–H groups in total. The zero-order chi connectivity index (χ0) is 25.4. The zero-order valence-corrected chi connectivity index (χ0v) is 20.2. The molecule has 1 atom stereocenters. The van der Waals surface area contributed by atoms with E-state index >= 15 is 0 Å². The molecular weight excluding hydrogens is 487 g/mol. The van der Waals surface area contributed by atoms with Crippen molar-refractivity contribution in [3.05, 3.63) is 82.6 Å². The molecule has 0 saturated heterocycles. The summed E-state index contributed by atoms with van der Waals surface area (Å²) in [7, 11) is 1.91. The van der Waals surface area contributed by atoms with Gasteiger partial charge in [0.05, 0.1) is 17.6 Å². The predicted molar refractivity (Wildman–Crippen MR) is 134 cm³/mol. The highest BCUT2D eigenvalue weighted by atomic mass is 35.5. The Labute approximate surface area is 212 Å². The summed E-state index contributed by atoms with van der Waals surface area (Å²) in [6, 6.07) is 16.0. The summed E-state index contributed by atoms with van der Waals surface area (Å²) < 4.78 is 25.3. The second-order valence-corrected chi connectivity index (χ2v) is 9.51. The first-order valence-corrected chi connectivity index (χ1v) is 11.9. The van der Waals surface area contributed by atoms with Crippen LogP contribution >= 0.6 is 11.6 Å². The molecule has 1 heterocycles. The Bertz CT molecular complexity index is 1330. The maximum Gasteiger partial charge on any atom is 0.314 e. The molecule has 1 saturated carbocycles. The summed E-state index contributed by atoms with van der Waals surface area (Å²) in [5.74, 6) is -0.572. The van der Waals surface area contributed by atoms with Crippen LogP contribution in [0.15, 0.2) is 60.7 Å². The standard InChI is InChI=1S/C27H24ClFN2O5/c1-31-14-20(36-24-12-17(29)4-9-23(24)31)15-35-19-6-2-16(3-7-19)25(32)30-18-5-8-22(28)21(13-18)27(10-11-27)26(33)34/h2-9,12-13,20H,10-11,14-15H2,1H3,(H,30,32)(H,33,34)/t20-/m0/s1. The topological polar surface area (TPSA) is 88.1 Å². The molecule has 0 aromatic heterocycles. The van der Waals surface area contributed by atoms with E-state index in [1.54, 1.807) is 48.5 Å². The van der Waals surface area contributed by atoms with Gasteiger partial charge in [-0.15, -0.1) is 0 Å². The first kappa shape index (κ1) is 23.9. The fourth-order valence-corrected chi connectivity index (χ4v) is 4.69. The number of carboxylic acid groups (broad SMARTS) is 1. The van der Waals surface area contributed by atoms with Crippen molar-refractivity contribution in [2.45, 2.75) is 24.4 Å². The number of rotatable bonds is 7. The largest absolute Gasteiger partial charge is 0.490 e. The van der Waals surface area contributed by atoms with Gasteiger partial charge >= 0.3 is 5.97 Å². The monoisotopic (exact) mass is 510 g/mol. The number of carboxylic acids is 1. The highest BCUT2D eigenvalue weighted by Gasteiger charge is 2.53. The molecular formula is C27H24ClFN2O5. The Kier molecular flexibility index (Phi) is 6.22. The number of fused-ring (bicyclic) bond motifs is 1. The zero-order valence-electron chi connectivity index (χ0n) is 19.5. The molecule has 2 aliphatic rings. The van der Waals surface area contributed by atoms with Crippen LogP contribution in [0.3, 0.4) is 0 Å². The van der Waals surface area contributed by atoms with Crippen molar-refractivity contribution in [3.63, 3.8) is 0 Å². The summed E-state index contributed by atoms with van der Waals surface area (Å²) in [6.45, 7) is 0.843. The number of benzene rings is 3. The quantitative estimate of drug-likeness (QED) is 0.458. The molecule has 0 unspecified atom stereocenters. The van der Waals surface area contributed by atoms with E-state index in [9.17, 15) is 19.1 Å². The van der Waals surface area contributed by atoms with E-state index in [0.29, 0.717) is 52.7 Å². The highest BCUT2D eigenvalue weighted by Crippen LogP contribution is 2.51. The molecule has 36 heavy (non-hydrogen) atoms. The number of carbonyl (C=O) groups is 2. The molecule has 5 rings (SSSR count). The van der Waals surface area contributed by atoms with Gasteiger partial charge in [-0.3, -0.25) is 9.59 Å². The molecule has 7 nitrogen and oxygen atoms in total. The number of halogens is 2. The minimum absolute atomic E-state index is 0.255. The highest BCUT2D eigenvalue weighted by molar-refractivity contribution is 6.32. The van der Waals surface area contributed by atoms with E-state index in [1.807, 2.05) is 11.9 Å². The summed E-state index contributed by atoms with van der Waals surface area (Å²) in [5, 5.41) is 12.7. The van der Waals surface area contributed by atoms with Gasteiger partial charge in [0.2, 0.25) is 0 Å². The third kappa shape index (κ3) is 4.68. The smallest absolute Gasteiger partial charge is 0.314 e. The van der Waals surface area contributed by atoms with Crippen LogP contribution in [0, 0.1) is 5.82 Å². The van der Waals surface area contributed by atoms with E-state index in [4.69, 9.17) is 21.1 Å². The summed E-state index contributed by atoms with van der Waals surface area (Å²) in [4.78, 5) is 26.4. The fraction of sp³-hybridized carbons (Fsp3) is 0.259. The lowest BCUT2D eigenvalue weighted by molar-refractivity contribution is -0.140. The third-order valence-electron chi connectivity index (χ3n) is 6.56. The number of ether oxygens (including phenoxy) is 2. The molecule has 3 aromatic rings. The maximum atomic E-state index is 13.6. The number of nitrogens with one attached hydrogen (secondary N) is 1. The van der Waals surface area contributed by atoms with Crippen LogP contribution in [0.4, 0.5) is 15.8 Å². The van der Waals surface area contributed by atoms with Crippen molar-refractivity contribution < 1.29 is 28.6 Å². The molecule has 0 spiro atoms. The number of anilines is 2. The second-order valence-electron chi connectivity index (χ2n) is 9.10. The van der Waals surface area contributed by atoms with Crippen molar-refractivity contribution in [1.29, 1.82) is 0 Å². The Morgan fingerprint density at radius 2 is 1.92 bits per heavy atom. The lowest BCUT2D eigenvalue weighted by Gasteiger charge is -2.33. The summed E-state index contributed by atoms with van der Waals surface area (Å²) in [6.07, 6.45) is 0.755. The van der Waals surface area contributed by atoms with Crippen LogP contribution in [0.1, 0.15) is 28.8 Å². The Morgan fingerprint density at radius 3 is 2.61 bits per heavy atom. The second kappa shape index (κ2) is 9.35. The van der Waals surface area contributed by atoms with Crippen LogP contribution < -0.4 is 19.7 Å². The van der Waals surface area contributed by atoms with Gasteiger partial charge in [0.1, 0.15) is 30.0 Å². The SMILES string of the molecule is CN1C[C@@H](COc2ccc(C(=O)Nc3ccc(Cl)c(C4(C(=O)O)CC4)c3)cc2)Oc2cc(F)ccc21. The third-order valence-corrected chi connectivity index (χ3v) is 6.89. The van der Waals surface area contributed by atoms with Crippen LogP contribution in [-0.4, -0.2) is 43.3 Å². The molecule has 0 bridgehead atoms. The molecule has 1 fully saturated rings. The van der Waals surface area contributed by atoms with Gasteiger partial charge in [-0.1, -0.05) is 11.6 Å². The lowest BCUT2D eigenvalue weighted by atomic mass is 9.95. The number of nitrogens with zero attached hydrogens (tertiary/aromatic N) is 1. The van der Waals surface area contributed by atoms with Gasteiger partial charge < -0.3 is 24.8 Å². The average Bonchev–Trinajstić information content (AvgIpc) is 3.66. The minimum Gasteiger partial charge on any atom is -0.490 e. The van der Waals surface area contributed by atoms with Gasteiger partial charge in [-0.05, 0) is 73.0 Å². The van der Waals surface area contributed by atoms with E-state index in [2.05, 4.69) is 5.32 Å². The van der Waals surface area contributed by atoms with Gasteiger partial charge in [-0.2, -0.15) is 0 Å². The van der Waals surface area contributed by atoms with Crippen molar-refractivity contribution in [3.8, 4) is 11.5 Å². The predicted octanol–water partition coefficient (Wildman–Crippen LogP) is 5.12. The molecule has 186 valence electrons. The van der Waals surface area contributed by atoms with E-state index in [-0.39, 0.29) is 24.4 Å². The van der Waals surface area contributed by atoms with Crippen LogP contribution in [-0.2, 0) is 10.2 Å². The Balaban J connectivity index is 1.20. The van der Waals surface area contributed by atoms with E-state index < -0.39 is 11.4 Å². The minimum atomic E-state index is -0.968. The van der Waals surface area contributed by atoms with Crippen molar-refractivity contribution in [1.82, 2.24) is 0 Å². The number of carbonyl (C=O) groups excluding carboxylic acids is 1. The van der Waals surface area contributed by atoms with Crippen molar-refractivity contribution in [2.75, 3.05) is 30.4 Å². The first-order valence-electron chi connectivity index (χ1n) is 11.5. The van der Waals surface area contributed by atoms with Gasteiger partial charge in [0.25, 0.3) is 5.91 Å². The molecule has 9 heteroatoms. The summed E-state index contributed by atoms with van der Waals surface area (Å²) in [5.41, 5.74) is 1.26.